The predicted molar refractivity (Wildman–Crippen MR) is 109 cm³/mol. The van der Waals surface area contributed by atoms with Crippen molar-refractivity contribution in [1.82, 2.24) is 0 Å². The smallest absolute Gasteiger partial charge is 0.344 e. The Labute approximate surface area is 163 Å². The average molecular weight is 380 g/mol. The fourth-order valence-electron chi connectivity index (χ4n) is 2.94. The van der Waals surface area contributed by atoms with E-state index in [0.29, 0.717) is 16.5 Å². The highest BCUT2D eigenvalue weighted by Crippen LogP contribution is 2.33. The molecule has 0 fully saturated rings. The van der Waals surface area contributed by atoms with Crippen LogP contribution in [0.15, 0.2) is 51.7 Å². The molecule has 0 saturated heterocycles. The lowest BCUT2D eigenvalue weighted by molar-refractivity contribution is -0.144. The fourth-order valence-corrected chi connectivity index (χ4v) is 2.94. The molecule has 5 nitrogen and oxygen atoms in total. The van der Waals surface area contributed by atoms with Crippen molar-refractivity contribution in [3.8, 4) is 17.1 Å². The maximum absolute atomic E-state index is 13.1. The molecule has 2 aromatic carbocycles. The molecule has 1 aromatic heterocycles. The molecule has 1 atom stereocenters. The third-order valence-electron chi connectivity index (χ3n) is 4.66. The van der Waals surface area contributed by atoms with Crippen LogP contribution in [0.2, 0.25) is 0 Å². The molecule has 146 valence electrons. The summed E-state index contributed by atoms with van der Waals surface area (Å²) >= 11 is 0. The number of hydrogen-bond acceptors (Lipinski definition) is 4. The number of fused-ring (bicyclic) bond motifs is 1. The lowest BCUT2D eigenvalue weighted by atomic mass is 9.86. The van der Waals surface area contributed by atoms with Crippen LogP contribution in [0.5, 0.6) is 5.75 Å². The van der Waals surface area contributed by atoms with E-state index in [9.17, 15) is 14.7 Å². The molecule has 0 aliphatic carbocycles. The Morgan fingerprint density at radius 1 is 1.11 bits per heavy atom. The first-order valence-electron chi connectivity index (χ1n) is 9.16. The first-order valence-corrected chi connectivity index (χ1v) is 9.16. The molecule has 3 aromatic rings. The minimum absolute atomic E-state index is 0.0164. The number of carbonyl (C=O) groups is 1. The number of rotatable bonds is 4. The first-order chi connectivity index (χ1) is 13.1. The minimum atomic E-state index is -1.18. The lowest BCUT2D eigenvalue weighted by Gasteiger charge is -2.19. The number of aryl methyl sites for hydroxylation is 1. The van der Waals surface area contributed by atoms with Gasteiger partial charge in [-0.1, -0.05) is 56.7 Å². The summed E-state index contributed by atoms with van der Waals surface area (Å²) in [5, 5.41) is 9.58. The molecule has 0 amide bonds. The quantitative estimate of drug-likeness (QED) is 0.695. The van der Waals surface area contributed by atoms with Gasteiger partial charge in [0.15, 0.2) is 11.9 Å². The Balaban J connectivity index is 2.23. The highest BCUT2D eigenvalue weighted by molar-refractivity contribution is 5.83. The molecule has 0 spiro atoms. The van der Waals surface area contributed by atoms with Gasteiger partial charge in [0, 0.05) is 5.56 Å². The van der Waals surface area contributed by atoms with Crippen LogP contribution in [0.25, 0.3) is 22.3 Å². The molecule has 1 heterocycles. The molecule has 0 aliphatic rings. The Morgan fingerprint density at radius 2 is 1.75 bits per heavy atom. The Morgan fingerprint density at radius 3 is 2.32 bits per heavy atom. The van der Waals surface area contributed by atoms with Crippen molar-refractivity contribution in [2.75, 3.05) is 0 Å². The Hall–Kier alpha value is -3.08. The normalized spacial score (nSPS) is 12.8. The lowest BCUT2D eigenvalue weighted by Crippen LogP contribution is -2.26. The van der Waals surface area contributed by atoms with Gasteiger partial charge in [-0.3, -0.25) is 4.79 Å². The van der Waals surface area contributed by atoms with Crippen molar-refractivity contribution in [3.63, 3.8) is 0 Å². The average Bonchev–Trinajstić information content (AvgIpc) is 2.63. The van der Waals surface area contributed by atoms with Crippen LogP contribution in [-0.2, 0) is 10.2 Å². The van der Waals surface area contributed by atoms with E-state index in [1.54, 1.807) is 12.1 Å². The summed E-state index contributed by atoms with van der Waals surface area (Å²) in [6.45, 7) is 9.60. The number of benzene rings is 2. The van der Waals surface area contributed by atoms with Gasteiger partial charge in [0.2, 0.25) is 11.2 Å². The van der Waals surface area contributed by atoms with E-state index < -0.39 is 12.1 Å². The summed E-state index contributed by atoms with van der Waals surface area (Å²) in [6.07, 6.45) is -1.18. The van der Waals surface area contributed by atoms with Crippen molar-refractivity contribution in [2.45, 2.75) is 46.1 Å². The van der Waals surface area contributed by atoms with Crippen LogP contribution < -0.4 is 10.2 Å². The van der Waals surface area contributed by atoms with E-state index >= 15 is 0 Å². The van der Waals surface area contributed by atoms with Crippen LogP contribution in [-0.4, -0.2) is 17.2 Å². The molecule has 1 N–H and O–H groups in total. The van der Waals surface area contributed by atoms with E-state index in [4.69, 9.17) is 9.15 Å². The topological polar surface area (TPSA) is 76.7 Å². The summed E-state index contributed by atoms with van der Waals surface area (Å²) in [7, 11) is 0. The number of aliphatic carboxylic acids is 1. The molecule has 0 aliphatic heterocycles. The van der Waals surface area contributed by atoms with Gasteiger partial charge in [0.25, 0.3) is 0 Å². The van der Waals surface area contributed by atoms with Gasteiger partial charge in [-0.05, 0) is 37.0 Å². The summed E-state index contributed by atoms with van der Waals surface area (Å²) in [5.74, 6) is -1.01. The zero-order valence-corrected chi connectivity index (χ0v) is 16.7. The standard InChI is InChI=1S/C23H24O5/c1-13-6-11-18-17(12-13)19(24)21(27-14(2)22(25)26)20(28-18)15-7-9-16(10-8-15)23(3,4)5/h6-12,14H,1-5H3,(H,25,26)/t14-/m0/s1. The van der Waals surface area contributed by atoms with E-state index in [0.717, 1.165) is 11.1 Å². The van der Waals surface area contributed by atoms with Crippen molar-refractivity contribution in [1.29, 1.82) is 0 Å². The van der Waals surface area contributed by atoms with Crippen molar-refractivity contribution in [3.05, 3.63) is 63.8 Å². The van der Waals surface area contributed by atoms with Crippen LogP contribution in [0.3, 0.4) is 0 Å². The summed E-state index contributed by atoms with van der Waals surface area (Å²) < 4.78 is 11.5. The van der Waals surface area contributed by atoms with Gasteiger partial charge in [-0.25, -0.2) is 4.79 Å². The second-order valence-electron chi connectivity index (χ2n) is 8.01. The summed E-state index contributed by atoms with van der Waals surface area (Å²) in [6, 6.07) is 13.0. The third kappa shape index (κ3) is 3.79. The molecule has 28 heavy (non-hydrogen) atoms. The minimum Gasteiger partial charge on any atom is -0.479 e. The fraction of sp³-hybridized carbons (Fsp3) is 0.304. The van der Waals surface area contributed by atoms with Crippen LogP contribution in [0, 0.1) is 6.92 Å². The number of carboxylic acids is 1. The van der Waals surface area contributed by atoms with Gasteiger partial charge >= 0.3 is 5.97 Å². The van der Waals surface area contributed by atoms with E-state index in [1.165, 1.54) is 6.92 Å². The monoisotopic (exact) mass is 380 g/mol. The zero-order valence-electron chi connectivity index (χ0n) is 16.7. The van der Waals surface area contributed by atoms with Gasteiger partial charge < -0.3 is 14.3 Å². The molecule has 0 unspecified atom stereocenters. The van der Waals surface area contributed by atoms with E-state index in [-0.39, 0.29) is 22.4 Å². The number of hydrogen-bond donors (Lipinski definition) is 1. The maximum atomic E-state index is 13.1. The molecular weight excluding hydrogens is 356 g/mol. The van der Waals surface area contributed by atoms with Crippen LogP contribution in [0.1, 0.15) is 38.8 Å². The zero-order chi connectivity index (χ0) is 20.6. The second-order valence-corrected chi connectivity index (χ2v) is 8.01. The highest BCUT2D eigenvalue weighted by atomic mass is 16.5. The van der Waals surface area contributed by atoms with Crippen LogP contribution >= 0.6 is 0 Å². The van der Waals surface area contributed by atoms with Gasteiger partial charge in [-0.2, -0.15) is 0 Å². The predicted octanol–water partition coefficient (Wildman–Crippen LogP) is 4.92. The van der Waals surface area contributed by atoms with Crippen molar-refractivity contribution >= 4 is 16.9 Å². The number of carboxylic acid groups (broad SMARTS) is 1. The largest absolute Gasteiger partial charge is 0.479 e. The molecular formula is C23H24O5. The summed E-state index contributed by atoms with van der Waals surface area (Å²) in [4.78, 5) is 24.4. The molecule has 0 saturated carbocycles. The Bertz CT molecular complexity index is 1080. The van der Waals surface area contributed by atoms with E-state index in [1.807, 2.05) is 37.3 Å². The molecule has 5 heteroatoms. The van der Waals surface area contributed by atoms with Gasteiger partial charge in [0.05, 0.1) is 5.39 Å². The Kier molecular flexibility index (Phi) is 5.02. The van der Waals surface area contributed by atoms with Crippen molar-refractivity contribution in [2.24, 2.45) is 0 Å². The van der Waals surface area contributed by atoms with Crippen LogP contribution in [0.4, 0.5) is 0 Å². The molecule has 0 bridgehead atoms. The maximum Gasteiger partial charge on any atom is 0.344 e. The summed E-state index contributed by atoms with van der Waals surface area (Å²) in [5.41, 5.74) is 2.72. The van der Waals surface area contributed by atoms with Gasteiger partial charge in [0.1, 0.15) is 5.58 Å². The second kappa shape index (κ2) is 7.15. The third-order valence-corrected chi connectivity index (χ3v) is 4.66. The van der Waals surface area contributed by atoms with Crippen molar-refractivity contribution < 1.29 is 19.1 Å². The number of ether oxygens (including phenoxy) is 1. The molecule has 3 rings (SSSR count). The SMILES string of the molecule is Cc1ccc2oc(-c3ccc(C(C)(C)C)cc3)c(O[C@@H](C)C(=O)O)c(=O)c2c1. The first kappa shape index (κ1) is 19.7. The van der Waals surface area contributed by atoms with Gasteiger partial charge in [-0.15, -0.1) is 0 Å². The molecule has 0 radical (unpaired) electrons. The van der Waals surface area contributed by atoms with E-state index in [2.05, 4.69) is 20.8 Å². The highest BCUT2D eigenvalue weighted by Gasteiger charge is 2.23.